The van der Waals surface area contributed by atoms with Crippen molar-refractivity contribution in [3.8, 4) is 11.5 Å². The van der Waals surface area contributed by atoms with Crippen molar-refractivity contribution in [2.24, 2.45) is 5.10 Å². The Morgan fingerprint density at radius 1 is 1.15 bits per heavy atom. The number of carbonyl (C=O) groups excluding carboxylic acids is 1. The number of unbranched alkanes of at least 4 members (excludes halogenated alkanes) is 1. The summed E-state index contributed by atoms with van der Waals surface area (Å²) in [6, 6.07) is 13.4. The Kier molecular flexibility index (Phi) is 8.16. The molecule has 0 atom stereocenters. The highest BCUT2D eigenvalue weighted by molar-refractivity contribution is 5.84. The zero-order chi connectivity index (χ0) is 19.5. The fraction of sp³-hybridized carbons (Fsp3) is 0.333. The molecule has 0 aliphatic rings. The minimum absolute atomic E-state index is 0.147. The third-order valence-electron chi connectivity index (χ3n) is 3.85. The van der Waals surface area contributed by atoms with Gasteiger partial charge in [-0.25, -0.2) is 5.43 Å². The number of anilines is 1. The molecule has 144 valence electrons. The Bertz CT molecular complexity index is 758. The Balaban J connectivity index is 1.83. The highest BCUT2D eigenvalue weighted by atomic mass is 16.5. The zero-order valence-electron chi connectivity index (χ0n) is 16.1. The second-order valence-electron chi connectivity index (χ2n) is 6.13. The Morgan fingerprint density at radius 3 is 2.63 bits per heavy atom. The third-order valence-corrected chi connectivity index (χ3v) is 3.85. The summed E-state index contributed by atoms with van der Waals surface area (Å²) in [4.78, 5) is 11.9. The summed E-state index contributed by atoms with van der Waals surface area (Å²) in [5.74, 6) is 1.12. The topological polar surface area (TPSA) is 72.0 Å². The van der Waals surface area contributed by atoms with Crippen molar-refractivity contribution in [1.82, 2.24) is 5.43 Å². The Hall–Kier alpha value is -3.02. The summed E-state index contributed by atoms with van der Waals surface area (Å²) in [7, 11) is 1.60. The number of ether oxygens (including phenoxy) is 2. The lowest BCUT2D eigenvalue weighted by atomic mass is 10.2. The number of hydrogen-bond acceptors (Lipinski definition) is 5. The largest absolute Gasteiger partial charge is 0.493 e. The highest BCUT2D eigenvalue weighted by Crippen LogP contribution is 2.27. The average molecular weight is 369 g/mol. The number of methoxy groups -OCH3 is 1. The molecule has 1 amide bonds. The van der Waals surface area contributed by atoms with Gasteiger partial charge in [-0.2, -0.15) is 5.10 Å². The van der Waals surface area contributed by atoms with E-state index >= 15 is 0 Å². The number of nitrogens with one attached hydrogen (secondary N) is 2. The lowest BCUT2D eigenvalue weighted by molar-refractivity contribution is -0.119. The Morgan fingerprint density at radius 2 is 1.93 bits per heavy atom. The molecule has 2 rings (SSSR count). The smallest absolute Gasteiger partial charge is 0.259 e. The van der Waals surface area contributed by atoms with E-state index in [2.05, 4.69) is 22.8 Å². The molecule has 0 radical (unpaired) electrons. The van der Waals surface area contributed by atoms with Crippen molar-refractivity contribution in [1.29, 1.82) is 0 Å². The van der Waals surface area contributed by atoms with E-state index in [1.54, 1.807) is 13.3 Å². The maximum absolute atomic E-state index is 11.9. The van der Waals surface area contributed by atoms with Gasteiger partial charge in [-0.15, -0.1) is 0 Å². The minimum atomic E-state index is -0.224. The molecule has 27 heavy (non-hydrogen) atoms. The first-order valence-electron chi connectivity index (χ1n) is 9.05. The molecule has 0 unspecified atom stereocenters. The lowest BCUT2D eigenvalue weighted by Gasteiger charge is -2.10. The Labute approximate surface area is 160 Å². The summed E-state index contributed by atoms with van der Waals surface area (Å²) in [5.41, 5.74) is 5.37. The van der Waals surface area contributed by atoms with Crippen LogP contribution in [0.2, 0.25) is 0 Å². The number of nitrogens with zero attached hydrogens (tertiary/aromatic N) is 1. The van der Waals surface area contributed by atoms with Crippen LogP contribution in [0.15, 0.2) is 47.6 Å². The number of hydrazone groups is 1. The van der Waals surface area contributed by atoms with Crippen LogP contribution in [-0.2, 0) is 4.79 Å². The van der Waals surface area contributed by atoms with Gasteiger partial charge in [0.15, 0.2) is 11.5 Å². The first-order valence-corrected chi connectivity index (χ1v) is 9.05. The van der Waals surface area contributed by atoms with Gasteiger partial charge in [-0.05, 0) is 49.2 Å². The van der Waals surface area contributed by atoms with Crippen LogP contribution in [0.5, 0.6) is 11.5 Å². The molecule has 6 nitrogen and oxygen atoms in total. The van der Waals surface area contributed by atoms with Gasteiger partial charge >= 0.3 is 0 Å². The van der Waals surface area contributed by atoms with E-state index in [0.29, 0.717) is 18.1 Å². The van der Waals surface area contributed by atoms with Crippen molar-refractivity contribution in [2.75, 3.05) is 25.6 Å². The van der Waals surface area contributed by atoms with E-state index in [-0.39, 0.29) is 12.5 Å². The number of carbonyl (C=O) groups is 1. The quantitative estimate of drug-likeness (QED) is 0.380. The fourth-order valence-corrected chi connectivity index (χ4v) is 2.28. The molecule has 0 aliphatic heterocycles. The lowest BCUT2D eigenvalue weighted by Crippen LogP contribution is -2.25. The average Bonchev–Trinajstić information content (AvgIpc) is 2.68. The number of aryl methyl sites for hydroxylation is 1. The number of amides is 1. The molecule has 2 aromatic carbocycles. The first-order chi connectivity index (χ1) is 13.1. The van der Waals surface area contributed by atoms with Crippen molar-refractivity contribution in [3.63, 3.8) is 0 Å². The van der Waals surface area contributed by atoms with Crippen molar-refractivity contribution in [2.45, 2.75) is 26.7 Å². The summed E-state index contributed by atoms with van der Waals surface area (Å²) < 4.78 is 11.1. The molecule has 2 aromatic rings. The van der Waals surface area contributed by atoms with Crippen LogP contribution in [0.1, 0.15) is 30.9 Å². The van der Waals surface area contributed by atoms with Crippen LogP contribution >= 0.6 is 0 Å². The maximum Gasteiger partial charge on any atom is 0.259 e. The van der Waals surface area contributed by atoms with Gasteiger partial charge in [0.1, 0.15) is 0 Å². The van der Waals surface area contributed by atoms with E-state index in [1.165, 1.54) is 5.56 Å². The van der Waals surface area contributed by atoms with E-state index < -0.39 is 0 Å². The third kappa shape index (κ3) is 7.01. The number of hydrogen-bond donors (Lipinski definition) is 2. The monoisotopic (exact) mass is 369 g/mol. The second kappa shape index (κ2) is 10.9. The normalized spacial score (nSPS) is 10.6. The maximum atomic E-state index is 11.9. The molecule has 0 aliphatic carbocycles. The van der Waals surface area contributed by atoms with Gasteiger partial charge in [0.2, 0.25) is 0 Å². The molecular weight excluding hydrogens is 342 g/mol. The SMILES string of the molecule is CCCCOc1ccc(/C=N/NC(=O)CNc2ccc(C)cc2)cc1OC. The van der Waals surface area contributed by atoms with Crippen LogP contribution in [0.4, 0.5) is 5.69 Å². The predicted octanol–water partition coefficient (Wildman–Crippen LogP) is 3.74. The minimum Gasteiger partial charge on any atom is -0.493 e. The van der Waals surface area contributed by atoms with E-state index in [4.69, 9.17) is 9.47 Å². The summed E-state index contributed by atoms with van der Waals surface area (Å²) >= 11 is 0. The molecule has 0 bridgehead atoms. The fourth-order valence-electron chi connectivity index (χ4n) is 2.28. The predicted molar refractivity (Wildman–Crippen MR) is 109 cm³/mol. The van der Waals surface area contributed by atoms with E-state index in [9.17, 15) is 4.79 Å². The molecule has 2 N–H and O–H groups in total. The van der Waals surface area contributed by atoms with Crippen LogP contribution < -0.4 is 20.2 Å². The molecule has 6 heteroatoms. The van der Waals surface area contributed by atoms with Crippen LogP contribution in [0.25, 0.3) is 0 Å². The van der Waals surface area contributed by atoms with Crippen LogP contribution in [0, 0.1) is 6.92 Å². The van der Waals surface area contributed by atoms with Crippen LogP contribution in [0.3, 0.4) is 0 Å². The second-order valence-corrected chi connectivity index (χ2v) is 6.13. The first kappa shape index (κ1) is 20.3. The summed E-state index contributed by atoms with van der Waals surface area (Å²) in [6.07, 6.45) is 3.64. The molecule has 0 spiro atoms. The number of benzene rings is 2. The summed E-state index contributed by atoms with van der Waals surface area (Å²) in [6.45, 7) is 4.94. The van der Waals surface area contributed by atoms with E-state index in [0.717, 1.165) is 24.1 Å². The van der Waals surface area contributed by atoms with Crippen molar-refractivity contribution in [3.05, 3.63) is 53.6 Å². The van der Waals surface area contributed by atoms with Gasteiger partial charge in [0.25, 0.3) is 5.91 Å². The molecular formula is C21H27N3O3. The highest BCUT2D eigenvalue weighted by Gasteiger charge is 2.05. The van der Waals surface area contributed by atoms with E-state index in [1.807, 2.05) is 49.4 Å². The molecule has 0 saturated carbocycles. The van der Waals surface area contributed by atoms with Gasteiger partial charge in [0, 0.05) is 5.69 Å². The summed E-state index contributed by atoms with van der Waals surface area (Å²) in [5, 5.41) is 7.04. The number of rotatable bonds is 10. The van der Waals surface area contributed by atoms with Crippen LogP contribution in [-0.4, -0.2) is 32.4 Å². The molecule has 0 aromatic heterocycles. The van der Waals surface area contributed by atoms with Crippen molar-refractivity contribution >= 4 is 17.8 Å². The molecule has 0 saturated heterocycles. The van der Waals surface area contributed by atoms with Gasteiger partial charge in [0.05, 0.1) is 26.5 Å². The van der Waals surface area contributed by atoms with Crippen molar-refractivity contribution < 1.29 is 14.3 Å². The standard InChI is InChI=1S/C21H27N3O3/c1-4-5-12-27-19-11-8-17(13-20(19)26-3)14-23-24-21(25)15-22-18-9-6-16(2)7-10-18/h6-11,13-14,22H,4-5,12,15H2,1-3H3,(H,24,25)/b23-14+. The van der Waals surface area contributed by atoms with Gasteiger partial charge < -0.3 is 14.8 Å². The molecule has 0 heterocycles. The molecule has 0 fully saturated rings. The van der Waals surface area contributed by atoms with Gasteiger partial charge in [-0.3, -0.25) is 4.79 Å². The van der Waals surface area contributed by atoms with Gasteiger partial charge in [-0.1, -0.05) is 31.0 Å². The zero-order valence-corrected chi connectivity index (χ0v) is 16.1.